The van der Waals surface area contributed by atoms with Crippen LogP contribution in [0.1, 0.15) is 74.8 Å². The number of rotatable bonds is 8. The van der Waals surface area contributed by atoms with Crippen molar-refractivity contribution in [2.24, 2.45) is 0 Å². The Kier molecular flexibility index (Phi) is 6.68. The molecule has 3 aliphatic carbocycles. The molecule has 2 N–H and O–H groups in total. The first kappa shape index (κ1) is 24.9. The molecule has 0 amide bonds. The van der Waals surface area contributed by atoms with Crippen molar-refractivity contribution in [3.05, 3.63) is 59.0 Å². The number of benzene rings is 1. The lowest BCUT2D eigenvalue weighted by atomic mass is 10.2. The maximum absolute atomic E-state index is 4.70. The monoisotopic (exact) mass is 554 g/mol. The number of fused-ring (bicyclic) bond motifs is 2. The van der Waals surface area contributed by atoms with Gasteiger partial charge in [0.2, 0.25) is 0 Å². The van der Waals surface area contributed by atoms with Crippen molar-refractivity contribution in [1.29, 1.82) is 0 Å². The van der Waals surface area contributed by atoms with E-state index in [-0.39, 0.29) is 0 Å². The summed E-state index contributed by atoms with van der Waals surface area (Å²) in [4.78, 5) is 23.8. The predicted molar refractivity (Wildman–Crippen MR) is 164 cm³/mol. The molecule has 4 heterocycles. The first-order chi connectivity index (χ1) is 19.2. The van der Waals surface area contributed by atoms with Crippen LogP contribution in [0.2, 0.25) is 0 Å². The van der Waals surface area contributed by atoms with E-state index in [9.17, 15) is 0 Å². The van der Waals surface area contributed by atoms with Gasteiger partial charge in [0.25, 0.3) is 0 Å². The second kappa shape index (κ2) is 10.5. The highest BCUT2D eigenvalue weighted by atomic mass is 32.1. The molecule has 0 radical (unpaired) electrons. The number of thiophene rings is 2. The average Bonchev–Trinajstić information content (AvgIpc) is 3.89. The number of hydrogen-bond acceptors (Lipinski definition) is 8. The summed E-state index contributed by atoms with van der Waals surface area (Å²) in [6.45, 7) is 4.23. The van der Waals surface area contributed by atoms with E-state index in [1.807, 2.05) is 17.4 Å². The molecule has 0 aliphatic heterocycles. The second-order valence-electron chi connectivity index (χ2n) is 10.9. The number of aryl methyl sites for hydroxylation is 2. The molecule has 0 spiro atoms. The fourth-order valence-corrected chi connectivity index (χ4v) is 6.92. The van der Waals surface area contributed by atoms with Crippen LogP contribution in [0.3, 0.4) is 0 Å². The highest BCUT2D eigenvalue weighted by Crippen LogP contribution is 2.46. The summed E-state index contributed by atoms with van der Waals surface area (Å²) in [5.74, 6) is 4.78. The minimum atomic E-state index is 0.605. The molecule has 0 bridgehead atoms. The molecule has 4 aromatic heterocycles. The first-order valence-electron chi connectivity index (χ1n) is 14.4. The number of nitrogens with one attached hydrogen (secondary N) is 2. The maximum Gasteiger partial charge on any atom is 0.138 e. The highest BCUT2D eigenvalue weighted by Gasteiger charge is 2.28. The Morgan fingerprint density at radius 3 is 1.79 bits per heavy atom. The quantitative estimate of drug-likeness (QED) is 0.201. The van der Waals surface area contributed by atoms with Gasteiger partial charge in [0.1, 0.15) is 32.9 Å². The van der Waals surface area contributed by atoms with Crippen LogP contribution in [0.4, 0.5) is 11.6 Å². The molecule has 0 unspecified atom stereocenters. The summed E-state index contributed by atoms with van der Waals surface area (Å²) in [7, 11) is 0. The molecule has 0 atom stereocenters. The fraction of sp³-hybridized carbons (Fsp3) is 0.419. The van der Waals surface area contributed by atoms with Gasteiger partial charge in [-0.3, -0.25) is 0 Å². The number of anilines is 2. The molecule has 5 aromatic rings. The van der Waals surface area contributed by atoms with Gasteiger partial charge in [-0.1, -0.05) is 44.2 Å². The molecule has 1 aromatic carbocycles. The van der Waals surface area contributed by atoms with Crippen molar-refractivity contribution in [3.63, 3.8) is 0 Å². The van der Waals surface area contributed by atoms with Crippen LogP contribution in [-0.2, 0) is 12.8 Å². The van der Waals surface area contributed by atoms with E-state index >= 15 is 0 Å². The maximum atomic E-state index is 4.70. The summed E-state index contributed by atoms with van der Waals surface area (Å²) in [6, 6.07) is 16.3. The molecule has 6 nitrogen and oxygen atoms in total. The molecule has 200 valence electrons. The van der Waals surface area contributed by atoms with Gasteiger partial charge >= 0.3 is 0 Å². The summed E-state index contributed by atoms with van der Waals surface area (Å²) in [6.07, 6.45) is 9.56. The standard InChI is InChI=1S/C17H17N3S.C14H17N3S/c1-2-15-19-16(18-12-8-9-12)13-10-14(21-17(13)20-15)11-6-4-3-5-7-11;1-2-12-16-13(15-9-5-6-9)10-7-11(8-3-4-8)18-14(10)17-12/h3-7,10,12H,2,8-9H2,1H3,(H,18,19,20);7-9H,2-6H2,1H3,(H,15,16,17). The van der Waals surface area contributed by atoms with Crippen molar-refractivity contribution in [3.8, 4) is 10.4 Å². The zero-order valence-electron chi connectivity index (χ0n) is 22.5. The summed E-state index contributed by atoms with van der Waals surface area (Å²) in [5, 5.41) is 9.51. The van der Waals surface area contributed by atoms with Crippen LogP contribution in [0.5, 0.6) is 0 Å². The second-order valence-corrected chi connectivity index (χ2v) is 13.0. The lowest BCUT2D eigenvalue weighted by molar-refractivity contribution is 0.956. The van der Waals surface area contributed by atoms with Gasteiger partial charge in [0.15, 0.2) is 0 Å². The Labute approximate surface area is 237 Å². The molecule has 8 heteroatoms. The number of hydrogen-bond donors (Lipinski definition) is 2. The third kappa shape index (κ3) is 5.63. The Morgan fingerprint density at radius 1 is 0.692 bits per heavy atom. The molecular formula is C31H34N6S2. The third-order valence-corrected chi connectivity index (χ3v) is 9.67. The molecule has 39 heavy (non-hydrogen) atoms. The Bertz CT molecular complexity index is 1610. The van der Waals surface area contributed by atoms with Gasteiger partial charge in [-0.2, -0.15) is 0 Å². The van der Waals surface area contributed by atoms with E-state index in [4.69, 9.17) is 9.97 Å². The zero-order valence-corrected chi connectivity index (χ0v) is 24.2. The molecular weight excluding hydrogens is 521 g/mol. The molecule has 8 rings (SSSR count). The van der Waals surface area contributed by atoms with Crippen molar-refractivity contribution >= 4 is 54.7 Å². The van der Waals surface area contributed by atoms with Crippen LogP contribution < -0.4 is 10.6 Å². The van der Waals surface area contributed by atoms with Crippen molar-refractivity contribution in [1.82, 2.24) is 19.9 Å². The van der Waals surface area contributed by atoms with E-state index in [0.717, 1.165) is 52.3 Å². The van der Waals surface area contributed by atoms with E-state index in [0.29, 0.717) is 12.1 Å². The topological polar surface area (TPSA) is 75.6 Å². The fourth-order valence-electron chi connectivity index (χ4n) is 4.64. The summed E-state index contributed by atoms with van der Waals surface area (Å²) in [5.41, 5.74) is 1.25. The summed E-state index contributed by atoms with van der Waals surface area (Å²) < 4.78 is 0. The number of nitrogens with zero attached hydrogens (tertiary/aromatic N) is 4. The average molecular weight is 555 g/mol. The first-order valence-corrected chi connectivity index (χ1v) is 16.0. The Hall–Kier alpha value is -3.10. The smallest absolute Gasteiger partial charge is 0.138 e. The normalized spacial score (nSPS) is 16.8. The molecule has 3 fully saturated rings. The van der Waals surface area contributed by atoms with Gasteiger partial charge in [-0.05, 0) is 62.1 Å². The van der Waals surface area contributed by atoms with Crippen LogP contribution >= 0.6 is 22.7 Å². The zero-order chi connectivity index (χ0) is 26.3. The summed E-state index contributed by atoms with van der Waals surface area (Å²) >= 11 is 3.62. The largest absolute Gasteiger partial charge is 0.367 e. The van der Waals surface area contributed by atoms with Gasteiger partial charge < -0.3 is 10.6 Å². The third-order valence-electron chi connectivity index (χ3n) is 7.40. The predicted octanol–water partition coefficient (Wildman–Crippen LogP) is 8.20. The minimum absolute atomic E-state index is 0.605. The van der Waals surface area contributed by atoms with Crippen molar-refractivity contribution in [2.75, 3.05) is 10.6 Å². The lowest BCUT2D eigenvalue weighted by Gasteiger charge is -2.06. The van der Waals surface area contributed by atoms with Crippen LogP contribution in [0.15, 0.2) is 42.5 Å². The lowest BCUT2D eigenvalue weighted by Crippen LogP contribution is -2.05. The van der Waals surface area contributed by atoms with Gasteiger partial charge in [0.05, 0.1) is 10.8 Å². The molecule has 0 saturated heterocycles. The van der Waals surface area contributed by atoms with E-state index in [1.54, 1.807) is 11.3 Å². The van der Waals surface area contributed by atoms with Crippen molar-refractivity contribution < 1.29 is 0 Å². The van der Waals surface area contributed by atoms with E-state index in [1.165, 1.54) is 64.1 Å². The van der Waals surface area contributed by atoms with E-state index in [2.05, 4.69) is 70.8 Å². The minimum Gasteiger partial charge on any atom is -0.367 e. The molecule has 3 aliphatic rings. The SMILES string of the molecule is CCc1nc(NC2CC2)c2cc(-c3ccccc3)sc2n1.CCc1nc(NC2CC2)c2cc(C3CC3)sc2n1. The Morgan fingerprint density at radius 2 is 1.26 bits per heavy atom. The van der Waals surface area contributed by atoms with E-state index < -0.39 is 0 Å². The van der Waals surface area contributed by atoms with Crippen LogP contribution in [0.25, 0.3) is 30.9 Å². The number of aromatic nitrogens is 4. The highest BCUT2D eigenvalue weighted by molar-refractivity contribution is 7.22. The van der Waals surface area contributed by atoms with Crippen LogP contribution in [-0.4, -0.2) is 32.0 Å². The molecule has 3 saturated carbocycles. The van der Waals surface area contributed by atoms with Gasteiger partial charge in [0, 0.05) is 34.7 Å². The van der Waals surface area contributed by atoms with Crippen molar-refractivity contribution in [2.45, 2.75) is 83.2 Å². The van der Waals surface area contributed by atoms with Crippen LogP contribution in [0, 0.1) is 0 Å². The van der Waals surface area contributed by atoms with Gasteiger partial charge in [-0.25, -0.2) is 19.9 Å². The van der Waals surface area contributed by atoms with Gasteiger partial charge in [-0.15, -0.1) is 22.7 Å². The Balaban J connectivity index is 0.000000131.